The fourth-order valence-corrected chi connectivity index (χ4v) is 4.04. The highest BCUT2D eigenvalue weighted by Crippen LogP contribution is 2.36. The predicted octanol–water partition coefficient (Wildman–Crippen LogP) is 1.75. The summed E-state index contributed by atoms with van der Waals surface area (Å²) in [7, 11) is 1.96. The van der Waals surface area contributed by atoms with Crippen LogP contribution in [0.5, 0.6) is 0 Å². The van der Waals surface area contributed by atoms with Gasteiger partial charge in [0.25, 0.3) is 0 Å². The molecular weight excluding hydrogens is 316 g/mol. The molecule has 2 aromatic heterocycles. The van der Waals surface area contributed by atoms with Gasteiger partial charge >= 0.3 is 0 Å². The Morgan fingerprint density at radius 1 is 1.36 bits per heavy atom. The molecule has 0 aromatic carbocycles. The zero-order valence-electron chi connectivity index (χ0n) is 15.0. The van der Waals surface area contributed by atoms with Crippen molar-refractivity contribution in [3.63, 3.8) is 0 Å². The number of aryl methyl sites for hydroxylation is 2. The van der Waals surface area contributed by atoms with Gasteiger partial charge in [-0.15, -0.1) is 5.10 Å². The summed E-state index contributed by atoms with van der Waals surface area (Å²) in [4.78, 5) is 2.49. The molecule has 2 aliphatic heterocycles. The number of piperidine rings is 1. The molecule has 2 unspecified atom stereocenters. The highest BCUT2D eigenvalue weighted by molar-refractivity contribution is 5.34. The Labute approximate surface area is 148 Å². The monoisotopic (exact) mass is 342 g/mol. The third-order valence-corrected chi connectivity index (χ3v) is 5.14. The number of hydrogen-bond donors (Lipinski definition) is 1. The second kappa shape index (κ2) is 6.72. The molecule has 0 aliphatic carbocycles. The van der Waals surface area contributed by atoms with Gasteiger partial charge in [0.15, 0.2) is 0 Å². The number of nitrogens with zero attached hydrogens (tertiary/aromatic N) is 5. The minimum absolute atomic E-state index is 0.0315. The Morgan fingerprint density at radius 2 is 2.28 bits per heavy atom. The van der Waals surface area contributed by atoms with Crippen LogP contribution in [0.25, 0.3) is 0 Å². The molecule has 1 spiro atoms. The van der Waals surface area contributed by atoms with Crippen LogP contribution in [0.3, 0.4) is 0 Å². The molecule has 25 heavy (non-hydrogen) atoms. The summed E-state index contributed by atoms with van der Waals surface area (Å²) in [6, 6.07) is 4.27. The van der Waals surface area contributed by atoms with Crippen LogP contribution in [0.4, 0.5) is 5.82 Å². The molecule has 2 fully saturated rings. The van der Waals surface area contributed by atoms with E-state index in [2.05, 4.69) is 31.7 Å². The summed E-state index contributed by atoms with van der Waals surface area (Å²) in [6.45, 7) is 5.74. The van der Waals surface area contributed by atoms with Gasteiger partial charge < -0.3 is 10.1 Å². The first-order chi connectivity index (χ1) is 12.1. The molecule has 0 radical (unpaired) electrons. The standard InChI is InChI=1S/C18H26N6O/c1-14-4-5-17(22-21-14)20-16-8-18(25-12-16)6-3-7-24(13-18)11-15-9-19-23(2)10-15/h4-5,9-10,16H,3,6-8,11-13H2,1-2H3,(H,20,22). The lowest BCUT2D eigenvalue weighted by Gasteiger charge is -2.39. The van der Waals surface area contributed by atoms with Gasteiger partial charge in [-0.1, -0.05) is 0 Å². The van der Waals surface area contributed by atoms with Crippen molar-refractivity contribution in [2.75, 3.05) is 25.0 Å². The van der Waals surface area contributed by atoms with E-state index in [1.165, 1.54) is 12.0 Å². The average Bonchev–Trinajstić information content (AvgIpc) is 3.16. The zero-order valence-corrected chi connectivity index (χ0v) is 15.0. The van der Waals surface area contributed by atoms with E-state index in [9.17, 15) is 0 Å². The lowest BCUT2D eigenvalue weighted by molar-refractivity contribution is -0.0533. The summed E-state index contributed by atoms with van der Waals surface area (Å²) >= 11 is 0. The third-order valence-electron chi connectivity index (χ3n) is 5.14. The van der Waals surface area contributed by atoms with Crippen LogP contribution >= 0.6 is 0 Å². The summed E-state index contributed by atoms with van der Waals surface area (Å²) < 4.78 is 8.15. The molecule has 0 saturated carbocycles. The van der Waals surface area contributed by atoms with E-state index in [1.54, 1.807) is 0 Å². The lowest BCUT2D eigenvalue weighted by Crippen LogP contribution is -2.47. The van der Waals surface area contributed by atoms with E-state index in [1.807, 2.05) is 37.0 Å². The van der Waals surface area contributed by atoms with Crippen LogP contribution in [0, 0.1) is 6.92 Å². The molecule has 7 heteroatoms. The third kappa shape index (κ3) is 3.82. The SMILES string of the molecule is Cc1ccc(NC2COC3(CCCN(Cc4cnn(C)c4)C3)C2)nn1. The largest absolute Gasteiger partial charge is 0.371 e. The van der Waals surface area contributed by atoms with Crippen LogP contribution in [0.1, 0.15) is 30.5 Å². The van der Waals surface area contributed by atoms with E-state index >= 15 is 0 Å². The van der Waals surface area contributed by atoms with Crippen LogP contribution in [0.15, 0.2) is 24.5 Å². The highest BCUT2D eigenvalue weighted by Gasteiger charge is 2.43. The number of rotatable bonds is 4. The van der Waals surface area contributed by atoms with Crippen molar-refractivity contribution in [3.05, 3.63) is 35.8 Å². The van der Waals surface area contributed by atoms with Crippen LogP contribution in [-0.4, -0.2) is 56.2 Å². The van der Waals surface area contributed by atoms with E-state index in [-0.39, 0.29) is 5.60 Å². The van der Waals surface area contributed by atoms with Crippen LogP contribution in [-0.2, 0) is 18.3 Å². The van der Waals surface area contributed by atoms with Crippen molar-refractivity contribution in [3.8, 4) is 0 Å². The van der Waals surface area contributed by atoms with Gasteiger partial charge in [-0.05, 0) is 38.4 Å². The van der Waals surface area contributed by atoms with Crippen molar-refractivity contribution < 1.29 is 4.74 Å². The summed E-state index contributed by atoms with van der Waals surface area (Å²) in [6.07, 6.45) is 7.38. The molecule has 0 bridgehead atoms. The molecule has 1 N–H and O–H groups in total. The number of ether oxygens (including phenoxy) is 1. The second-order valence-corrected chi connectivity index (χ2v) is 7.44. The van der Waals surface area contributed by atoms with Gasteiger partial charge in [0.1, 0.15) is 5.82 Å². The summed E-state index contributed by atoms with van der Waals surface area (Å²) in [5, 5.41) is 16.1. The smallest absolute Gasteiger partial charge is 0.148 e. The van der Waals surface area contributed by atoms with Gasteiger partial charge in [0.2, 0.25) is 0 Å². The van der Waals surface area contributed by atoms with Crippen molar-refractivity contribution >= 4 is 5.82 Å². The van der Waals surface area contributed by atoms with Gasteiger partial charge in [-0.3, -0.25) is 9.58 Å². The molecular formula is C18H26N6O. The maximum Gasteiger partial charge on any atom is 0.148 e. The quantitative estimate of drug-likeness (QED) is 0.913. The van der Waals surface area contributed by atoms with Gasteiger partial charge in [-0.25, -0.2) is 0 Å². The van der Waals surface area contributed by atoms with Crippen molar-refractivity contribution in [2.45, 2.75) is 44.4 Å². The molecule has 4 rings (SSSR count). The molecule has 2 saturated heterocycles. The Morgan fingerprint density at radius 3 is 3.04 bits per heavy atom. The molecule has 7 nitrogen and oxygen atoms in total. The van der Waals surface area contributed by atoms with Crippen LogP contribution < -0.4 is 5.32 Å². The lowest BCUT2D eigenvalue weighted by atomic mass is 9.88. The Bertz CT molecular complexity index is 715. The number of anilines is 1. The minimum atomic E-state index is -0.0315. The molecule has 2 aromatic rings. The molecule has 4 heterocycles. The van der Waals surface area contributed by atoms with E-state index in [0.717, 1.165) is 50.6 Å². The Balaban J connectivity index is 1.36. The summed E-state index contributed by atoms with van der Waals surface area (Å²) in [5.41, 5.74) is 2.17. The minimum Gasteiger partial charge on any atom is -0.371 e. The topological polar surface area (TPSA) is 68.1 Å². The first-order valence-electron chi connectivity index (χ1n) is 9.01. The van der Waals surface area contributed by atoms with Gasteiger partial charge in [0, 0.05) is 38.3 Å². The highest BCUT2D eigenvalue weighted by atomic mass is 16.5. The van der Waals surface area contributed by atoms with Crippen LogP contribution in [0.2, 0.25) is 0 Å². The maximum atomic E-state index is 6.29. The first-order valence-corrected chi connectivity index (χ1v) is 9.01. The van der Waals surface area contributed by atoms with Gasteiger partial charge in [-0.2, -0.15) is 10.2 Å². The number of nitrogens with one attached hydrogen (secondary N) is 1. The Kier molecular flexibility index (Phi) is 4.43. The maximum absolute atomic E-state index is 6.29. The van der Waals surface area contributed by atoms with Crippen molar-refractivity contribution in [1.29, 1.82) is 0 Å². The molecule has 2 atom stereocenters. The average molecular weight is 342 g/mol. The fraction of sp³-hybridized carbons (Fsp3) is 0.611. The molecule has 2 aliphatic rings. The van der Waals surface area contributed by atoms with Crippen molar-refractivity contribution in [1.82, 2.24) is 24.9 Å². The molecule has 0 amide bonds. The Hall–Kier alpha value is -1.99. The fourth-order valence-electron chi connectivity index (χ4n) is 4.04. The number of aromatic nitrogens is 4. The summed E-state index contributed by atoms with van der Waals surface area (Å²) in [5.74, 6) is 0.833. The number of likely N-dealkylation sites (tertiary alicyclic amines) is 1. The van der Waals surface area contributed by atoms with E-state index in [0.29, 0.717) is 6.04 Å². The zero-order chi connectivity index (χ0) is 17.3. The molecule has 134 valence electrons. The van der Waals surface area contributed by atoms with E-state index < -0.39 is 0 Å². The van der Waals surface area contributed by atoms with E-state index in [4.69, 9.17) is 4.74 Å². The second-order valence-electron chi connectivity index (χ2n) is 7.44. The van der Waals surface area contributed by atoms with Crippen molar-refractivity contribution in [2.24, 2.45) is 7.05 Å². The van der Waals surface area contributed by atoms with Gasteiger partial charge in [0.05, 0.1) is 30.1 Å². The predicted molar refractivity (Wildman–Crippen MR) is 95.2 cm³/mol. The normalized spacial score (nSPS) is 27.0. The first kappa shape index (κ1) is 16.5. The number of hydrogen-bond acceptors (Lipinski definition) is 6.